The molecular formula is C24H21BrN2O4. The molecule has 2 aromatic carbocycles. The molecule has 1 N–H and O–H groups in total. The van der Waals surface area contributed by atoms with E-state index in [0.717, 1.165) is 4.47 Å². The van der Waals surface area contributed by atoms with Crippen molar-refractivity contribution in [3.8, 4) is 0 Å². The van der Waals surface area contributed by atoms with Crippen molar-refractivity contribution in [2.75, 3.05) is 4.90 Å². The molecule has 3 aromatic rings. The number of ketones is 1. The number of nitrogens with zero attached hydrogens (tertiary/aromatic N) is 2. The van der Waals surface area contributed by atoms with Gasteiger partial charge in [0.25, 0.3) is 5.91 Å². The molecule has 0 bridgehead atoms. The molecule has 0 saturated heterocycles. The maximum Gasteiger partial charge on any atom is 0.264 e. The van der Waals surface area contributed by atoms with E-state index in [1.54, 1.807) is 60.7 Å². The number of Topliss-reactive ketones (excluding diaryl/α,β-unsaturated/α-hetero) is 1. The molecule has 2 heterocycles. The number of aliphatic hydroxyl groups excluding tert-OH is 1. The van der Waals surface area contributed by atoms with Gasteiger partial charge in [-0.2, -0.15) is 0 Å². The average Bonchev–Trinajstić information content (AvgIpc) is 3.32. The van der Waals surface area contributed by atoms with E-state index in [1.165, 1.54) is 4.90 Å². The van der Waals surface area contributed by atoms with Crippen LogP contribution in [0, 0.1) is 0 Å². The second-order valence-electron chi connectivity index (χ2n) is 8.37. The summed E-state index contributed by atoms with van der Waals surface area (Å²) in [7, 11) is 0. The number of hydrogen-bond acceptors (Lipinski definition) is 5. The molecule has 6 nitrogen and oxygen atoms in total. The standard InChI is InChI=1S/C24H21BrN2O4/c1-24(2,3)17-13-18(26-31-17)27-20(21(28)15-7-5-4-6-8-15)22(29)19(23(27)30)14-9-11-16(25)12-10-14/h4-13,20,29H,1-3H3/t20-/m1/s1. The fraction of sp³-hybridized carbons (Fsp3) is 0.208. The Morgan fingerprint density at radius 3 is 2.32 bits per heavy atom. The molecule has 1 amide bonds. The maximum atomic E-state index is 13.5. The summed E-state index contributed by atoms with van der Waals surface area (Å²) >= 11 is 3.37. The minimum atomic E-state index is -1.23. The minimum Gasteiger partial charge on any atom is -0.509 e. The van der Waals surface area contributed by atoms with Gasteiger partial charge in [-0.15, -0.1) is 0 Å². The molecule has 7 heteroatoms. The first-order valence-electron chi connectivity index (χ1n) is 9.77. The van der Waals surface area contributed by atoms with Crippen LogP contribution in [0.25, 0.3) is 5.57 Å². The van der Waals surface area contributed by atoms with Crippen LogP contribution in [0.1, 0.15) is 42.5 Å². The van der Waals surface area contributed by atoms with Gasteiger partial charge in [0.1, 0.15) is 11.5 Å². The van der Waals surface area contributed by atoms with E-state index >= 15 is 0 Å². The zero-order valence-corrected chi connectivity index (χ0v) is 18.9. The van der Waals surface area contributed by atoms with Gasteiger partial charge >= 0.3 is 0 Å². The molecule has 1 atom stereocenters. The number of hydrogen-bond donors (Lipinski definition) is 1. The molecule has 0 unspecified atom stereocenters. The molecule has 0 saturated carbocycles. The molecule has 1 aromatic heterocycles. The smallest absolute Gasteiger partial charge is 0.264 e. The molecule has 0 spiro atoms. The van der Waals surface area contributed by atoms with Crippen LogP contribution in [-0.4, -0.2) is 28.0 Å². The van der Waals surface area contributed by atoms with Crippen molar-refractivity contribution < 1.29 is 19.2 Å². The van der Waals surface area contributed by atoms with Gasteiger partial charge in [-0.1, -0.05) is 84.3 Å². The van der Waals surface area contributed by atoms with Crippen LogP contribution < -0.4 is 4.90 Å². The average molecular weight is 481 g/mol. The Morgan fingerprint density at radius 2 is 1.74 bits per heavy atom. The number of carbonyl (C=O) groups is 2. The van der Waals surface area contributed by atoms with Crippen molar-refractivity contribution in [3.63, 3.8) is 0 Å². The number of carbonyl (C=O) groups excluding carboxylic acids is 2. The predicted molar refractivity (Wildman–Crippen MR) is 121 cm³/mol. The van der Waals surface area contributed by atoms with Crippen molar-refractivity contribution >= 4 is 39.0 Å². The van der Waals surface area contributed by atoms with Crippen molar-refractivity contribution in [1.82, 2.24) is 5.16 Å². The lowest BCUT2D eigenvalue weighted by Gasteiger charge is -2.21. The summed E-state index contributed by atoms with van der Waals surface area (Å²) in [6, 6.07) is 15.9. The Bertz CT molecular complexity index is 1170. The van der Waals surface area contributed by atoms with Crippen LogP contribution in [0.2, 0.25) is 0 Å². The van der Waals surface area contributed by atoms with E-state index in [0.29, 0.717) is 16.9 Å². The van der Waals surface area contributed by atoms with Crippen LogP contribution in [0.15, 0.2) is 75.4 Å². The van der Waals surface area contributed by atoms with Crippen molar-refractivity contribution in [2.24, 2.45) is 0 Å². The van der Waals surface area contributed by atoms with Crippen molar-refractivity contribution in [2.45, 2.75) is 32.2 Å². The molecule has 4 rings (SSSR count). The van der Waals surface area contributed by atoms with Crippen LogP contribution in [0.5, 0.6) is 0 Å². The lowest BCUT2D eigenvalue weighted by Crippen LogP contribution is -2.41. The van der Waals surface area contributed by atoms with Crippen LogP contribution in [-0.2, 0) is 10.2 Å². The summed E-state index contributed by atoms with van der Waals surface area (Å²) in [5, 5.41) is 15.1. The molecule has 0 fully saturated rings. The zero-order chi connectivity index (χ0) is 22.3. The van der Waals surface area contributed by atoms with Gasteiger partial charge in [0, 0.05) is 21.5 Å². The Balaban J connectivity index is 1.84. The Morgan fingerprint density at radius 1 is 1.10 bits per heavy atom. The third-order valence-corrected chi connectivity index (χ3v) is 5.66. The summed E-state index contributed by atoms with van der Waals surface area (Å²) < 4.78 is 6.29. The van der Waals surface area contributed by atoms with Gasteiger partial charge in [-0.05, 0) is 17.7 Å². The quantitative estimate of drug-likeness (QED) is 0.512. The maximum absolute atomic E-state index is 13.5. The third kappa shape index (κ3) is 3.81. The molecule has 1 aliphatic rings. The number of anilines is 1. The molecule has 158 valence electrons. The number of aromatic nitrogens is 1. The zero-order valence-electron chi connectivity index (χ0n) is 17.3. The van der Waals surface area contributed by atoms with Crippen LogP contribution in [0.4, 0.5) is 5.82 Å². The van der Waals surface area contributed by atoms with E-state index in [1.807, 2.05) is 20.8 Å². The van der Waals surface area contributed by atoms with Gasteiger partial charge in [0.05, 0.1) is 5.57 Å². The van der Waals surface area contributed by atoms with Gasteiger partial charge in [-0.3, -0.25) is 14.5 Å². The Labute approximate surface area is 188 Å². The lowest BCUT2D eigenvalue weighted by molar-refractivity contribution is -0.113. The van der Waals surface area contributed by atoms with Gasteiger partial charge in [0.2, 0.25) is 0 Å². The van der Waals surface area contributed by atoms with Crippen LogP contribution >= 0.6 is 15.9 Å². The van der Waals surface area contributed by atoms with Crippen LogP contribution in [0.3, 0.4) is 0 Å². The highest BCUT2D eigenvalue weighted by atomic mass is 79.9. The summed E-state index contributed by atoms with van der Waals surface area (Å²) in [5.41, 5.74) is 0.630. The van der Waals surface area contributed by atoms with Gasteiger partial charge in [-0.25, -0.2) is 0 Å². The number of amides is 1. The third-order valence-electron chi connectivity index (χ3n) is 5.13. The van der Waals surface area contributed by atoms with E-state index in [2.05, 4.69) is 21.1 Å². The van der Waals surface area contributed by atoms with E-state index < -0.39 is 17.7 Å². The second-order valence-corrected chi connectivity index (χ2v) is 9.29. The number of aliphatic hydroxyl groups is 1. The molecule has 1 aliphatic heterocycles. The van der Waals surface area contributed by atoms with Gasteiger partial charge in [0.15, 0.2) is 17.6 Å². The van der Waals surface area contributed by atoms with E-state index in [4.69, 9.17) is 4.52 Å². The van der Waals surface area contributed by atoms with Crippen molar-refractivity contribution in [1.29, 1.82) is 0 Å². The summed E-state index contributed by atoms with van der Waals surface area (Å²) in [6.07, 6.45) is 0. The first-order chi connectivity index (χ1) is 14.7. The number of rotatable bonds is 4. The number of halogens is 1. The molecular weight excluding hydrogens is 460 g/mol. The molecule has 31 heavy (non-hydrogen) atoms. The lowest BCUT2D eigenvalue weighted by atomic mass is 9.93. The highest BCUT2D eigenvalue weighted by Crippen LogP contribution is 2.38. The molecule has 0 radical (unpaired) electrons. The van der Waals surface area contributed by atoms with Crippen molar-refractivity contribution in [3.05, 3.63) is 87.8 Å². The van der Waals surface area contributed by atoms with E-state index in [-0.39, 0.29) is 22.6 Å². The topological polar surface area (TPSA) is 83.6 Å². The highest BCUT2D eigenvalue weighted by molar-refractivity contribution is 9.10. The Hall–Kier alpha value is -3.19. The summed E-state index contributed by atoms with van der Waals surface area (Å²) in [5.74, 6) is -0.469. The number of benzene rings is 2. The largest absolute Gasteiger partial charge is 0.509 e. The monoisotopic (exact) mass is 480 g/mol. The first kappa shape index (κ1) is 21.1. The van der Waals surface area contributed by atoms with E-state index in [9.17, 15) is 14.7 Å². The fourth-order valence-electron chi connectivity index (χ4n) is 3.47. The first-order valence-corrected chi connectivity index (χ1v) is 10.6. The minimum absolute atomic E-state index is 0.0714. The summed E-state index contributed by atoms with van der Waals surface area (Å²) in [6.45, 7) is 5.87. The second kappa shape index (κ2) is 7.81. The predicted octanol–water partition coefficient (Wildman–Crippen LogP) is 5.30. The summed E-state index contributed by atoms with van der Waals surface area (Å²) in [4.78, 5) is 28.0. The molecule has 0 aliphatic carbocycles. The fourth-order valence-corrected chi connectivity index (χ4v) is 3.73. The van der Waals surface area contributed by atoms with Gasteiger partial charge < -0.3 is 9.63 Å². The highest BCUT2D eigenvalue weighted by Gasteiger charge is 2.46. The SMILES string of the molecule is CC(C)(C)c1cc(N2C(=O)C(c3ccc(Br)cc3)=C(O)[C@H]2C(=O)c2ccccc2)no1. The normalized spacial score (nSPS) is 16.8. The Kier molecular flexibility index (Phi) is 5.31.